The van der Waals surface area contributed by atoms with E-state index in [9.17, 15) is 26.3 Å². The molecule has 14 heteroatoms. The standard InChI is InChI=1S/C4H6N4.2C2HF3O2/c5-3-1-2-7-4(6)8-3;2*3-2(4,5)1(6)7/h1-2H,(H4,5,6,7,8);2*(H,6,7). The minimum Gasteiger partial charge on any atom is -0.475 e. The number of aromatic nitrogens is 2. The lowest BCUT2D eigenvalue weighted by Gasteiger charge is -1.93. The van der Waals surface area contributed by atoms with E-state index in [0.29, 0.717) is 5.82 Å². The van der Waals surface area contributed by atoms with E-state index in [4.69, 9.17) is 31.3 Å². The molecule has 8 nitrogen and oxygen atoms in total. The van der Waals surface area contributed by atoms with E-state index in [0.717, 1.165) is 0 Å². The van der Waals surface area contributed by atoms with Crippen molar-refractivity contribution in [2.24, 2.45) is 0 Å². The van der Waals surface area contributed by atoms with Crippen molar-refractivity contribution in [2.45, 2.75) is 12.4 Å². The molecule has 0 aliphatic heterocycles. The second kappa shape index (κ2) is 8.48. The van der Waals surface area contributed by atoms with E-state index in [1.165, 1.54) is 6.20 Å². The van der Waals surface area contributed by atoms with Gasteiger partial charge in [-0.25, -0.2) is 14.6 Å². The highest BCUT2D eigenvalue weighted by Crippen LogP contribution is 2.13. The van der Waals surface area contributed by atoms with Gasteiger partial charge in [0.1, 0.15) is 5.82 Å². The van der Waals surface area contributed by atoms with Crippen LogP contribution in [-0.4, -0.2) is 44.5 Å². The Morgan fingerprint density at radius 1 is 0.955 bits per heavy atom. The number of carboxylic acids is 2. The van der Waals surface area contributed by atoms with Crippen LogP contribution in [0.15, 0.2) is 12.3 Å². The van der Waals surface area contributed by atoms with Crippen LogP contribution in [0.25, 0.3) is 0 Å². The molecule has 0 aliphatic carbocycles. The normalized spacial score (nSPS) is 10.5. The van der Waals surface area contributed by atoms with Gasteiger partial charge in [-0.2, -0.15) is 31.3 Å². The molecule has 1 rings (SSSR count). The molecule has 126 valence electrons. The Labute approximate surface area is 117 Å². The number of nitrogens with zero attached hydrogens (tertiary/aromatic N) is 2. The molecule has 0 saturated carbocycles. The van der Waals surface area contributed by atoms with E-state index in [2.05, 4.69) is 9.97 Å². The lowest BCUT2D eigenvalue weighted by Crippen LogP contribution is -2.21. The third-order valence-corrected chi connectivity index (χ3v) is 1.18. The fraction of sp³-hybridized carbons (Fsp3) is 0.250. The Morgan fingerprint density at radius 2 is 1.27 bits per heavy atom. The second-order valence-corrected chi connectivity index (χ2v) is 2.95. The van der Waals surface area contributed by atoms with Gasteiger partial charge in [0, 0.05) is 6.20 Å². The number of aliphatic carboxylic acids is 2. The molecule has 1 aromatic rings. The van der Waals surface area contributed by atoms with Gasteiger partial charge in [-0.15, -0.1) is 0 Å². The van der Waals surface area contributed by atoms with E-state index >= 15 is 0 Å². The molecule has 22 heavy (non-hydrogen) atoms. The van der Waals surface area contributed by atoms with Crippen molar-refractivity contribution < 1.29 is 46.1 Å². The third-order valence-electron chi connectivity index (χ3n) is 1.18. The lowest BCUT2D eigenvalue weighted by molar-refractivity contribution is -0.193. The number of rotatable bonds is 0. The van der Waals surface area contributed by atoms with Crippen molar-refractivity contribution in [1.82, 2.24) is 9.97 Å². The smallest absolute Gasteiger partial charge is 0.475 e. The Kier molecular flexibility index (Phi) is 8.28. The van der Waals surface area contributed by atoms with Crippen molar-refractivity contribution in [2.75, 3.05) is 11.5 Å². The molecule has 0 saturated heterocycles. The molecule has 0 unspecified atom stereocenters. The Bertz CT molecular complexity index is 463. The molecule has 0 aliphatic rings. The number of hydrogen-bond donors (Lipinski definition) is 4. The van der Waals surface area contributed by atoms with Crippen LogP contribution < -0.4 is 11.5 Å². The maximum atomic E-state index is 10.6. The molecule has 0 fully saturated rings. The number of hydrogen-bond acceptors (Lipinski definition) is 6. The van der Waals surface area contributed by atoms with Gasteiger partial charge in [-0.1, -0.05) is 0 Å². The fourth-order valence-corrected chi connectivity index (χ4v) is 0.388. The van der Waals surface area contributed by atoms with Gasteiger partial charge in [0.25, 0.3) is 0 Å². The number of carbonyl (C=O) groups is 2. The Hall–Kier alpha value is -2.80. The molecule has 0 atom stereocenters. The van der Waals surface area contributed by atoms with Crippen molar-refractivity contribution in [3.63, 3.8) is 0 Å². The molecule has 0 amide bonds. The summed E-state index contributed by atoms with van der Waals surface area (Å²) in [6, 6.07) is 1.58. The SMILES string of the molecule is Nc1ccnc(N)n1.O=C(O)C(F)(F)F.O=C(O)C(F)(F)F. The van der Waals surface area contributed by atoms with Crippen LogP contribution in [0.1, 0.15) is 0 Å². The molecule has 6 N–H and O–H groups in total. The first-order valence-electron chi connectivity index (χ1n) is 4.62. The average molecular weight is 338 g/mol. The molecule has 0 aromatic carbocycles. The number of halogens is 6. The van der Waals surface area contributed by atoms with Crippen molar-refractivity contribution in [1.29, 1.82) is 0 Å². The molecule has 0 bridgehead atoms. The topological polar surface area (TPSA) is 152 Å². The predicted octanol–water partition coefficient (Wildman–Crippen LogP) is 0.908. The first-order chi connectivity index (χ1) is 9.67. The maximum Gasteiger partial charge on any atom is 0.490 e. The monoisotopic (exact) mass is 338 g/mol. The highest BCUT2D eigenvalue weighted by Gasteiger charge is 2.38. The largest absolute Gasteiger partial charge is 0.490 e. The summed E-state index contributed by atoms with van der Waals surface area (Å²) in [6.45, 7) is 0. The molecular weight excluding hydrogens is 330 g/mol. The molecule has 1 aromatic heterocycles. The minimum atomic E-state index is -5.08. The highest BCUT2D eigenvalue weighted by atomic mass is 19.4. The summed E-state index contributed by atoms with van der Waals surface area (Å²) >= 11 is 0. The van der Waals surface area contributed by atoms with Gasteiger partial charge >= 0.3 is 24.3 Å². The Balaban J connectivity index is 0. The van der Waals surface area contributed by atoms with Gasteiger partial charge < -0.3 is 21.7 Å². The summed E-state index contributed by atoms with van der Waals surface area (Å²) in [5.74, 6) is -4.90. The van der Waals surface area contributed by atoms with E-state index in [1.54, 1.807) is 6.07 Å². The maximum absolute atomic E-state index is 10.6. The Morgan fingerprint density at radius 3 is 1.41 bits per heavy atom. The van der Waals surface area contributed by atoms with Gasteiger partial charge in [0.2, 0.25) is 5.95 Å². The molecule has 0 spiro atoms. The first-order valence-corrected chi connectivity index (χ1v) is 4.62. The zero-order chi connectivity index (χ0) is 18.1. The van der Waals surface area contributed by atoms with Crippen LogP contribution >= 0.6 is 0 Å². The second-order valence-electron chi connectivity index (χ2n) is 2.95. The molecular formula is C8H8F6N4O4. The van der Waals surface area contributed by atoms with Crippen LogP contribution in [0, 0.1) is 0 Å². The number of nitrogens with two attached hydrogens (primary N) is 2. The summed E-state index contributed by atoms with van der Waals surface area (Å²) in [4.78, 5) is 25.0. The quantitative estimate of drug-likeness (QED) is 0.509. The van der Waals surface area contributed by atoms with Crippen LogP contribution in [0.4, 0.5) is 38.1 Å². The zero-order valence-electron chi connectivity index (χ0n) is 10.2. The molecule has 1 heterocycles. The van der Waals surface area contributed by atoms with Crippen LogP contribution in [-0.2, 0) is 9.59 Å². The van der Waals surface area contributed by atoms with Gasteiger partial charge in [0.15, 0.2) is 0 Å². The van der Waals surface area contributed by atoms with Crippen molar-refractivity contribution >= 4 is 23.7 Å². The number of anilines is 2. The number of alkyl halides is 6. The van der Waals surface area contributed by atoms with Crippen molar-refractivity contribution in [3.05, 3.63) is 12.3 Å². The number of nitrogen functional groups attached to an aromatic ring is 2. The third kappa shape index (κ3) is 12.2. The molecule has 0 radical (unpaired) electrons. The van der Waals surface area contributed by atoms with Crippen LogP contribution in [0.3, 0.4) is 0 Å². The van der Waals surface area contributed by atoms with Crippen LogP contribution in [0.2, 0.25) is 0 Å². The van der Waals surface area contributed by atoms with Gasteiger partial charge in [-0.05, 0) is 6.07 Å². The van der Waals surface area contributed by atoms with E-state index in [-0.39, 0.29) is 5.95 Å². The predicted molar refractivity (Wildman–Crippen MR) is 58.2 cm³/mol. The average Bonchev–Trinajstić information content (AvgIpc) is 2.27. The number of carboxylic acid groups (broad SMARTS) is 2. The van der Waals surface area contributed by atoms with Gasteiger partial charge in [-0.3, -0.25) is 0 Å². The van der Waals surface area contributed by atoms with Crippen molar-refractivity contribution in [3.8, 4) is 0 Å². The zero-order valence-corrected chi connectivity index (χ0v) is 10.2. The summed E-state index contributed by atoms with van der Waals surface area (Å²) < 4.78 is 63.5. The summed E-state index contributed by atoms with van der Waals surface area (Å²) in [5, 5.41) is 14.2. The summed E-state index contributed by atoms with van der Waals surface area (Å²) in [5.41, 5.74) is 10.4. The van der Waals surface area contributed by atoms with Gasteiger partial charge in [0.05, 0.1) is 0 Å². The lowest BCUT2D eigenvalue weighted by atomic mass is 10.6. The van der Waals surface area contributed by atoms with E-state index < -0.39 is 24.3 Å². The first kappa shape index (κ1) is 21.5. The highest BCUT2D eigenvalue weighted by molar-refractivity contribution is 5.73. The fourth-order valence-electron chi connectivity index (χ4n) is 0.388. The van der Waals surface area contributed by atoms with Crippen LogP contribution in [0.5, 0.6) is 0 Å². The minimum absolute atomic E-state index is 0.213. The van der Waals surface area contributed by atoms with E-state index in [1.807, 2.05) is 0 Å². The summed E-state index contributed by atoms with van der Waals surface area (Å²) in [6.07, 6.45) is -8.66. The summed E-state index contributed by atoms with van der Waals surface area (Å²) in [7, 11) is 0.